The largest absolute Gasteiger partial charge is 0.311 e. The van der Waals surface area contributed by atoms with Crippen LogP contribution < -0.4 is 5.32 Å². The summed E-state index contributed by atoms with van der Waals surface area (Å²) in [5, 5.41) is 3.63. The lowest BCUT2D eigenvalue weighted by atomic mass is 9.70. The summed E-state index contributed by atoms with van der Waals surface area (Å²) in [6.07, 6.45) is 5.61. The molecule has 0 radical (unpaired) electrons. The van der Waals surface area contributed by atoms with E-state index in [1.807, 2.05) is 0 Å². The second-order valence-electron chi connectivity index (χ2n) is 5.96. The predicted molar refractivity (Wildman–Crippen MR) is 65.1 cm³/mol. The highest BCUT2D eigenvalue weighted by Gasteiger charge is 2.36. The van der Waals surface area contributed by atoms with Crippen molar-refractivity contribution < 1.29 is 0 Å². The Bertz CT molecular complexity index is 211. The first kappa shape index (κ1) is 11.4. The van der Waals surface area contributed by atoms with Gasteiger partial charge in [-0.2, -0.15) is 0 Å². The third kappa shape index (κ3) is 2.54. The highest BCUT2D eigenvalue weighted by Crippen LogP contribution is 2.41. The zero-order chi connectivity index (χ0) is 10.9. The van der Waals surface area contributed by atoms with Crippen molar-refractivity contribution in [2.75, 3.05) is 19.6 Å². The minimum absolute atomic E-state index is 0.643. The van der Waals surface area contributed by atoms with Crippen molar-refractivity contribution in [1.29, 1.82) is 0 Å². The van der Waals surface area contributed by atoms with Crippen LogP contribution in [0.2, 0.25) is 0 Å². The second-order valence-corrected chi connectivity index (χ2v) is 5.96. The molecule has 1 heterocycles. The van der Waals surface area contributed by atoms with Crippen molar-refractivity contribution >= 4 is 0 Å². The van der Waals surface area contributed by atoms with Crippen LogP contribution >= 0.6 is 0 Å². The maximum absolute atomic E-state index is 3.63. The molecule has 0 aromatic rings. The van der Waals surface area contributed by atoms with Gasteiger partial charge in [-0.1, -0.05) is 20.3 Å². The molecule has 2 atom stereocenters. The number of nitrogens with zero attached hydrogens (tertiary/aromatic N) is 1. The van der Waals surface area contributed by atoms with Gasteiger partial charge in [0.2, 0.25) is 0 Å². The lowest BCUT2D eigenvalue weighted by molar-refractivity contribution is 0.0409. The molecule has 1 saturated heterocycles. The second kappa shape index (κ2) is 4.42. The molecule has 88 valence electrons. The summed E-state index contributed by atoms with van der Waals surface area (Å²) in [6, 6.07) is 1.45. The molecular weight excluding hydrogens is 184 g/mol. The number of rotatable bonds is 3. The van der Waals surface area contributed by atoms with Crippen molar-refractivity contribution in [2.45, 2.75) is 58.5 Å². The van der Waals surface area contributed by atoms with Gasteiger partial charge in [-0.05, 0) is 31.6 Å². The van der Waals surface area contributed by atoms with Crippen LogP contribution in [0.25, 0.3) is 0 Å². The summed E-state index contributed by atoms with van der Waals surface area (Å²) in [4.78, 5) is 2.71. The van der Waals surface area contributed by atoms with Crippen molar-refractivity contribution in [3.63, 3.8) is 0 Å². The van der Waals surface area contributed by atoms with E-state index in [0.717, 1.165) is 12.1 Å². The topological polar surface area (TPSA) is 15.3 Å². The van der Waals surface area contributed by atoms with Gasteiger partial charge in [0.15, 0.2) is 0 Å². The van der Waals surface area contributed by atoms with Crippen LogP contribution in [0.4, 0.5) is 0 Å². The van der Waals surface area contributed by atoms with Crippen LogP contribution in [-0.4, -0.2) is 36.6 Å². The smallest absolute Gasteiger partial charge is 0.0193 e. The van der Waals surface area contributed by atoms with E-state index < -0.39 is 0 Å². The summed E-state index contributed by atoms with van der Waals surface area (Å²) < 4.78 is 0. The Morgan fingerprint density at radius 1 is 1.40 bits per heavy atom. The maximum Gasteiger partial charge on any atom is 0.0193 e. The fourth-order valence-corrected chi connectivity index (χ4v) is 2.92. The molecule has 0 amide bonds. The summed E-state index contributed by atoms with van der Waals surface area (Å²) in [6.45, 7) is 10.9. The lowest BCUT2D eigenvalue weighted by Gasteiger charge is -2.47. The molecule has 1 aliphatic heterocycles. The molecule has 0 aromatic heterocycles. The number of nitrogens with one attached hydrogen (secondary N) is 1. The van der Waals surface area contributed by atoms with Gasteiger partial charge in [0.25, 0.3) is 0 Å². The quantitative estimate of drug-likeness (QED) is 0.768. The number of piperazine rings is 1. The summed E-state index contributed by atoms with van der Waals surface area (Å²) in [5.74, 6) is 0. The van der Waals surface area contributed by atoms with E-state index in [1.54, 1.807) is 0 Å². The van der Waals surface area contributed by atoms with E-state index in [2.05, 4.69) is 31.0 Å². The maximum atomic E-state index is 3.63. The van der Waals surface area contributed by atoms with Gasteiger partial charge in [0.05, 0.1) is 0 Å². The Kier molecular flexibility index (Phi) is 3.36. The third-order valence-electron chi connectivity index (χ3n) is 4.42. The minimum Gasteiger partial charge on any atom is -0.311 e. The molecule has 0 bridgehead atoms. The molecule has 1 saturated carbocycles. The van der Waals surface area contributed by atoms with Gasteiger partial charge < -0.3 is 5.32 Å². The molecule has 2 nitrogen and oxygen atoms in total. The van der Waals surface area contributed by atoms with Crippen molar-refractivity contribution in [2.24, 2.45) is 5.41 Å². The van der Waals surface area contributed by atoms with E-state index >= 15 is 0 Å². The Hall–Kier alpha value is -0.0800. The molecular formula is C13H26N2. The molecule has 15 heavy (non-hydrogen) atoms. The normalized spacial score (nSPS) is 36.2. The molecule has 1 N–H and O–H groups in total. The van der Waals surface area contributed by atoms with Gasteiger partial charge in [-0.3, -0.25) is 4.90 Å². The molecule has 2 fully saturated rings. The van der Waals surface area contributed by atoms with E-state index in [4.69, 9.17) is 0 Å². The van der Waals surface area contributed by atoms with E-state index in [-0.39, 0.29) is 0 Å². The molecule has 2 rings (SSSR count). The average Bonchev–Trinajstić information content (AvgIpc) is 2.19. The van der Waals surface area contributed by atoms with Gasteiger partial charge in [0, 0.05) is 31.7 Å². The molecule has 2 heteroatoms. The van der Waals surface area contributed by atoms with Crippen molar-refractivity contribution in [1.82, 2.24) is 10.2 Å². The van der Waals surface area contributed by atoms with E-state index in [1.165, 1.54) is 45.3 Å². The Morgan fingerprint density at radius 2 is 2.13 bits per heavy atom. The van der Waals surface area contributed by atoms with E-state index in [9.17, 15) is 0 Å². The van der Waals surface area contributed by atoms with Crippen LogP contribution in [0.1, 0.15) is 46.5 Å². The Balaban J connectivity index is 1.88. The van der Waals surface area contributed by atoms with Gasteiger partial charge in [-0.25, -0.2) is 0 Å². The fourth-order valence-electron chi connectivity index (χ4n) is 2.92. The van der Waals surface area contributed by atoms with Gasteiger partial charge in [-0.15, -0.1) is 0 Å². The van der Waals surface area contributed by atoms with Crippen molar-refractivity contribution in [3.8, 4) is 0 Å². The Morgan fingerprint density at radius 3 is 2.67 bits per heavy atom. The first-order valence-corrected chi connectivity index (χ1v) is 6.60. The van der Waals surface area contributed by atoms with Crippen molar-refractivity contribution in [3.05, 3.63) is 0 Å². The summed E-state index contributed by atoms with van der Waals surface area (Å²) >= 11 is 0. The molecule has 0 aromatic carbocycles. The van der Waals surface area contributed by atoms with Crippen LogP contribution in [0.15, 0.2) is 0 Å². The van der Waals surface area contributed by atoms with Crippen LogP contribution in [0, 0.1) is 5.41 Å². The number of hydrogen-bond acceptors (Lipinski definition) is 2. The fraction of sp³-hybridized carbons (Fsp3) is 1.00. The zero-order valence-electron chi connectivity index (χ0n) is 10.6. The van der Waals surface area contributed by atoms with E-state index in [0.29, 0.717) is 5.41 Å². The molecule has 1 aliphatic carbocycles. The first-order chi connectivity index (χ1) is 7.13. The average molecular weight is 210 g/mol. The lowest BCUT2D eigenvalue weighted by Crippen LogP contribution is -2.57. The summed E-state index contributed by atoms with van der Waals surface area (Å²) in [5.41, 5.74) is 0.643. The minimum atomic E-state index is 0.643. The SMILES string of the molecule is CCC1CN(CC2(C)CCC2)C(C)CN1. The Labute approximate surface area is 94.4 Å². The molecule has 2 aliphatic rings. The van der Waals surface area contributed by atoms with Crippen LogP contribution in [0.5, 0.6) is 0 Å². The highest BCUT2D eigenvalue weighted by atomic mass is 15.2. The van der Waals surface area contributed by atoms with Crippen LogP contribution in [0.3, 0.4) is 0 Å². The number of hydrogen-bond donors (Lipinski definition) is 1. The van der Waals surface area contributed by atoms with Gasteiger partial charge in [0.1, 0.15) is 0 Å². The molecule has 0 spiro atoms. The summed E-state index contributed by atoms with van der Waals surface area (Å²) in [7, 11) is 0. The highest BCUT2D eigenvalue weighted by molar-refractivity contribution is 4.91. The zero-order valence-corrected chi connectivity index (χ0v) is 10.6. The molecule has 2 unspecified atom stereocenters. The third-order valence-corrected chi connectivity index (χ3v) is 4.42. The monoisotopic (exact) mass is 210 g/mol. The predicted octanol–water partition coefficient (Wildman–Crippen LogP) is 2.25. The van der Waals surface area contributed by atoms with Gasteiger partial charge >= 0.3 is 0 Å². The first-order valence-electron chi connectivity index (χ1n) is 6.60. The van der Waals surface area contributed by atoms with Crippen LogP contribution in [-0.2, 0) is 0 Å². The standard InChI is InChI=1S/C13H26N2/c1-4-12-9-15(11(2)8-14-12)10-13(3)6-5-7-13/h11-12,14H,4-10H2,1-3H3.